The van der Waals surface area contributed by atoms with Crippen LogP contribution in [0.3, 0.4) is 0 Å². The van der Waals surface area contributed by atoms with Crippen LogP contribution in [0.4, 0.5) is 11.6 Å². The summed E-state index contributed by atoms with van der Waals surface area (Å²) in [7, 11) is 0. The van der Waals surface area contributed by atoms with Crippen molar-refractivity contribution in [3.8, 4) is 0 Å². The topological polar surface area (TPSA) is 75.9 Å². The number of hydrogen-bond donors (Lipinski definition) is 3. The molecule has 2 rings (SSSR count). The van der Waals surface area contributed by atoms with Crippen LogP contribution in [0.1, 0.15) is 45.0 Å². The van der Waals surface area contributed by atoms with Gasteiger partial charge in [0.15, 0.2) is 0 Å². The highest BCUT2D eigenvalue weighted by Crippen LogP contribution is 2.34. The Morgan fingerprint density at radius 1 is 1.21 bits per heavy atom. The van der Waals surface area contributed by atoms with Crippen LogP contribution in [-0.2, 0) is 6.42 Å². The minimum absolute atomic E-state index is 0.499. The Morgan fingerprint density at radius 3 is 2.42 bits per heavy atom. The quantitative estimate of drug-likeness (QED) is 0.575. The molecule has 1 aliphatic carbocycles. The molecule has 1 aromatic heterocycles. The fourth-order valence-electron chi connectivity index (χ4n) is 2.75. The first-order valence-electron chi connectivity index (χ1n) is 7.17. The second kappa shape index (κ2) is 5.74. The molecule has 4 N–H and O–H groups in total. The zero-order valence-corrected chi connectivity index (χ0v) is 12.3. The number of nitrogen functional groups attached to an aromatic ring is 1. The molecule has 1 heterocycles. The maximum absolute atomic E-state index is 5.53. The molecule has 19 heavy (non-hydrogen) atoms. The van der Waals surface area contributed by atoms with Crippen molar-refractivity contribution in [2.45, 2.75) is 53.0 Å². The molecule has 1 saturated carbocycles. The average molecular weight is 263 g/mol. The zero-order valence-electron chi connectivity index (χ0n) is 12.3. The minimum atomic E-state index is 0.499. The van der Waals surface area contributed by atoms with Crippen LogP contribution in [-0.4, -0.2) is 16.0 Å². The van der Waals surface area contributed by atoms with E-state index in [0.29, 0.717) is 17.8 Å². The number of aryl methyl sites for hydroxylation is 1. The van der Waals surface area contributed by atoms with Gasteiger partial charge in [-0.15, -0.1) is 0 Å². The second-order valence-corrected chi connectivity index (χ2v) is 5.62. The summed E-state index contributed by atoms with van der Waals surface area (Å²) < 4.78 is 0. The molecule has 1 aromatic rings. The number of rotatable bonds is 4. The normalized spacial score (nSPS) is 26.5. The molecule has 0 radical (unpaired) electrons. The van der Waals surface area contributed by atoms with E-state index in [0.717, 1.165) is 29.5 Å². The minimum Gasteiger partial charge on any atom is -0.367 e. The number of hydrazine groups is 1. The van der Waals surface area contributed by atoms with Gasteiger partial charge in [0, 0.05) is 18.0 Å². The number of anilines is 2. The first-order chi connectivity index (χ1) is 9.06. The third-order valence-corrected chi connectivity index (χ3v) is 4.43. The van der Waals surface area contributed by atoms with Gasteiger partial charge >= 0.3 is 0 Å². The van der Waals surface area contributed by atoms with Gasteiger partial charge in [0.25, 0.3) is 0 Å². The Bertz CT molecular complexity index is 446. The van der Waals surface area contributed by atoms with Crippen LogP contribution in [0, 0.1) is 18.8 Å². The van der Waals surface area contributed by atoms with Gasteiger partial charge in [-0.3, -0.25) is 0 Å². The van der Waals surface area contributed by atoms with Gasteiger partial charge in [-0.1, -0.05) is 20.8 Å². The van der Waals surface area contributed by atoms with E-state index in [-0.39, 0.29) is 0 Å². The predicted molar refractivity (Wildman–Crippen MR) is 78.9 cm³/mol. The van der Waals surface area contributed by atoms with Crippen molar-refractivity contribution in [1.29, 1.82) is 0 Å². The van der Waals surface area contributed by atoms with Gasteiger partial charge in [-0.05, 0) is 31.6 Å². The summed E-state index contributed by atoms with van der Waals surface area (Å²) >= 11 is 0. The van der Waals surface area contributed by atoms with Crippen LogP contribution in [0.2, 0.25) is 0 Å². The number of aromatic nitrogens is 2. The van der Waals surface area contributed by atoms with Crippen LogP contribution in [0.5, 0.6) is 0 Å². The first-order valence-corrected chi connectivity index (χ1v) is 7.17. The second-order valence-electron chi connectivity index (χ2n) is 5.62. The van der Waals surface area contributed by atoms with E-state index >= 15 is 0 Å². The average Bonchev–Trinajstić information content (AvgIpc) is 2.73. The van der Waals surface area contributed by atoms with Crippen molar-refractivity contribution in [3.63, 3.8) is 0 Å². The highest BCUT2D eigenvalue weighted by molar-refractivity contribution is 5.57. The summed E-state index contributed by atoms with van der Waals surface area (Å²) in [6.07, 6.45) is 3.30. The molecular weight excluding hydrogens is 238 g/mol. The molecule has 1 aliphatic rings. The Kier molecular flexibility index (Phi) is 4.24. The maximum Gasteiger partial charge on any atom is 0.148 e. The van der Waals surface area contributed by atoms with E-state index in [2.05, 4.69) is 41.5 Å². The zero-order chi connectivity index (χ0) is 14.0. The predicted octanol–water partition coefficient (Wildman–Crippen LogP) is 2.48. The largest absolute Gasteiger partial charge is 0.367 e. The number of nitrogens with one attached hydrogen (secondary N) is 2. The fourth-order valence-corrected chi connectivity index (χ4v) is 2.75. The fraction of sp³-hybridized carbons (Fsp3) is 0.714. The summed E-state index contributed by atoms with van der Waals surface area (Å²) in [4.78, 5) is 9.00. The molecule has 0 spiro atoms. The van der Waals surface area contributed by atoms with E-state index < -0.39 is 0 Å². The Morgan fingerprint density at radius 2 is 1.89 bits per heavy atom. The molecule has 0 aliphatic heterocycles. The standard InChI is InChI=1S/C14H25N5/c1-5-12-17-13(10(4)14(18-12)19-15)16-11-7-6-8(2)9(11)3/h8-9,11H,5-7,15H2,1-4H3,(H2,16,17,18,19). The number of nitrogens with zero attached hydrogens (tertiary/aromatic N) is 2. The molecule has 0 amide bonds. The third-order valence-electron chi connectivity index (χ3n) is 4.43. The van der Waals surface area contributed by atoms with E-state index in [1.807, 2.05) is 6.92 Å². The third kappa shape index (κ3) is 2.81. The van der Waals surface area contributed by atoms with Gasteiger partial charge in [0.05, 0.1) is 0 Å². The molecule has 0 aromatic carbocycles. The summed E-state index contributed by atoms with van der Waals surface area (Å²) in [5.74, 6) is 9.44. The summed E-state index contributed by atoms with van der Waals surface area (Å²) in [5.41, 5.74) is 3.66. The van der Waals surface area contributed by atoms with Gasteiger partial charge in [0.2, 0.25) is 0 Å². The van der Waals surface area contributed by atoms with Crippen molar-refractivity contribution < 1.29 is 0 Å². The van der Waals surface area contributed by atoms with Gasteiger partial charge < -0.3 is 10.7 Å². The highest BCUT2D eigenvalue weighted by atomic mass is 15.3. The van der Waals surface area contributed by atoms with Crippen molar-refractivity contribution >= 4 is 11.6 Å². The molecule has 3 unspecified atom stereocenters. The molecule has 3 atom stereocenters. The lowest BCUT2D eigenvalue weighted by Crippen LogP contribution is -2.26. The first kappa shape index (κ1) is 14.1. The van der Waals surface area contributed by atoms with Crippen molar-refractivity contribution in [1.82, 2.24) is 9.97 Å². The SMILES string of the molecule is CCc1nc(NN)c(C)c(NC2CCC(C)C2C)n1. The van der Waals surface area contributed by atoms with Gasteiger partial charge in [-0.25, -0.2) is 15.8 Å². The lowest BCUT2D eigenvalue weighted by molar-refractivity contribution is 0.435. The molecule has 0 saturated heterocycles. The van der Waals surface area contributed by atoms with E-state index in [4.69, 9.17) is 5.84 Å². The van der Waals surface area contributed by atoms with Gasteiger partial charge in [0.1, 0.15) is 17.5 Å². The van der Waals surface area contributed by atoms with Crippen LogP contribution < -0.4 is 16.6 Å². The van der Waals surface area contributed by atoms with Crippen molar-refractivity contribution in [2.24, 2.45) is 17.7 Å². The summed E-state index contributed by atoms with van der Waals surface area (Å²) in [5, 5.41) is 3.59. The monoisotopic (exact) mass is 263 g/mol. The Labute approximate surface area is 115 Å². The Balaban J connectivity index is 2.24. The number of nitrogens with two attached hydrogens (primary N) is 1. The summed E-state index contributed by atoms with van der Waals surface area (Å²) in [6.45, 7) is 8.69. The van der Waals surface area contributed by atoms with E-state index in [1.165, 1.54) is 12.8 Å². The number of hydrogen-bond acceptors (Lipinski definition) is 5. The van der Waals surface area contributed by atoms with E-state index in [9.17, 15) is 0 Å². The van der Waals surface area contributed by atoms with Crippen molar-refractivity contribution in [3.05, 3.63) is 11.4 Å². The maximum atomic E-state index is 5.53. The lowest BCUT2D eigenvalue weighted by atomic mass is 9.98. The molecule has 106 valence electrons. The van der Waals surface area contributed by atoms with Crippen LogP contribution in [0.15, 0.2) is 0 Å². The molecule has 0 bridgehead atoms. The van der Waals surface area contributed by atoms with Crippen molar-refractivity contribution in [2.75, 3.05) is 10.7 Å². The van der Waals surface area contributed by atoms with E-state index in [1.54, 1.807) is 0 Å². The molecular formula is C14H25N5. The highest BCUT2D eigenvalue weighted by Gasteiger charge is 2.30. The smallest absolute Gasteiger partial charge is 0.148 e. The lowest BCUT2D eigenvalue weighted by Gasteiger charge is -2.22. The van der Waals surface area contributed by atoms with Crippen LogP contribution in [0.25, 0.3) is 0 Å². The molecule has 5 nitrogen and oxygen atoms in total. The molecule has 1 fully saturated rings. The Hall–Kier alpha value is -1.36. The molecule has 5 heteroatoms. The summed E-state index contributed by atoms with van der Waals surface area (Å²) in [6, 6.07) is 0.499. The van der Waals surface area contributed by atoms with Crippen LogP contribution >= 0.6 is 0 Å². The van der Waals surface area contributed by atoms with Gasteiger partial charge in [-0.2, -0.15) is 0 Å².